The lowest BCUT2D eigenvalue weighted by atomic mass is 10.1. The summed E-state index contributed by atoms with van der Waals surface area (Å²) in [7, 11) is 1.61. The summed E-state index contributed by atoms with van der Waals surface area (Å²) >= 11 is 11.5. The van der Waals surface area contributed by atoms with Crippen LogP contribution in [0.3, 0.4) is 0 Å². The maximum absolute atomic E-state index is 5.90. The Bertz CT molecular complexity index is 465. The van der Waals surface area contributed by atoms with Gasteiger partial charge in [0.25, 0.3) is 0 Å². The summed E-state index contributed by atoms with van der Waals surface area (Å²) in [6.45, 7) is 0. The lowest BCUT2D eigenvalue weighted by Crippen LogP contribution is -1.82. The predicted octanol–water partition coefficient (Wildman–Crippen LogP) is 3.66. The second kappa shape index (κ2) is 4.13. The van der Waals surface area contributed by atoms with Gasteiger partial charge in [-0.2, -0.15) is 0 Å². The van der Waals surface area contributed by atoms with Gasteiger partial charge in [0.2, 0.25) is 5.22 Å². The Kier molecular flexibility index (Phi) is 2.84. The molecule has 5 heteroatoms. The molecule has 0 N–H and O–H groups in total. The minimum atomic E-state index is 0.0995. The highest BCUT2D eigenvalue weighted by Gasteiger charge is 2.13. The van der Waals surface area contributed by atoms with Gasteiger partial charge in [-0.3, -0.25) is 0 Å². The lowest BCUT2D eigenvalue weighted by molar-refractivity contribution is 0.414. The van der Waals surface area contributed by atoms with E-state index >= 15 is 0 Å². The van der Waals surface area contributed by atoms with E-state index in [2.05, 4.69) is 5.16 Å². The SMILES string of the molecule is COc1ccc(-c2noc(Cl)c2Cl)cc1. The number of hydrogen-bond donors (Lipinski definition) is 0. The largest absolute Gasteiger partial charge is 0.497 e. The van der Waals surface area contributed by atoms with Crippen molar-refractivity contribution in [2.45, 2.75) is 0 Å². The van der Waals surface area contributed by atoms with Gasteiger partial charge < -0.3 is 9.26 Å². The van der Waals surface area contributed by atoms with Crippen molar-refractivity contribution in [2.24, 2.45) is 0 Å². The van der Waals surface area contributed by atoms with E-state index in [4.69, 9.17) is 32.5 Å². The Hall–Kier alpha value is -1.19. The molecular weight excluding hydrogens is 237 g/mol. The number of hydrogen-bond acceptors (Lipinski definition) is 3. The van der Waals surface area contributed by atoms with Crippen LogP contribution >= 0.6 is 23.2 Å². The van der Waals surface area contributed by atoms with E-state index in [9.17, 15) is 0 Å². The molecule has 0 saturated carbocycles. The van der Waals surface area contributed by atoms with E-state index < -0.39 is 0 Å². The van der Waals surface area contributed by atoms with Crippen LogP contribution in [-0.4, -0.2) is 12.3 Å². The highest BCUT2D eigenvalue weighted by molar-refractivity contribution is 6.42. The molecule has 0 spiro atoms. The van der Waals surface area contributed by atoms with Crippen molar-refractivity contribution in [3.8, 4) is 17.0 Å². The van der Waals surface area contributed by atoms with E-state index in [1.807, 2.05) is 24.3 Å². The third-order valence-corrected chi connectivity index (χ3v) is 2.67. The average Bonchev–Trinajstić information content (AvgIpc) is 2.60. The molecule has 0 aliphatic rings. The maximum atomic E-state index is 5.90. The molecule has 0 saturated heterocycles. The normalized spacial score (nSPS) is 10.3. The summed E-state index contributed by atoms with van der Waals surface area (Å²) in [6, 6.07) is 7.29. The van der Waals surface area contributed by atoms with Gasteiger partial charge in [-0.15, -0.1) is 0 Å². The van der Waals surface area contributed by atoms with Gasteiger partial charge in [-0.1, -0.05) is 16.8 Å². The van der Waals surface area contributed by atoms with Crippen molar-refractivity contribution < 1.29 is 9.26 Å². The first-order valence-electron chi connectivity index (χ1n) is 4.17. The molecule has 0 fully saturated rings. The van der Waals surface area contributed by atoms with Crippen molar-refractivity contribution in [1.29, 1.82) is 0 Å². The first-order valence-corrected chi connectivity index (χ1v) is 4.93. The molecule has 1 aromatic heterocycles. The van der Waals surface area contributed by atoms with Gasteiger partial charge in [0.1, 0.15) is 16.5 Å². The monoisotopic (exact) mass is 243 g/mol. The molecule has 2 rings (SSSR count). The molecule has 1 aromatic carbocycles. The van der Waals surface area contributed by atoms with Gasteiger partial charge in [0, 0.05) is 5.56 Å². The quantitative estimate of drug-likeness (QED) is 0.808. The Morgan fingerprint density at radius 3 is 2.33 bits per heavy atom. The van der Waals surface area contributed by atoms with Crippen LogP contribution < -0.4 is 4.74 Å². The number of aromatic nitrogens is 1. The standard InChI is InChI=1S/C10H7Cl2NO2/c1-14-7-4-2-6(3-5-7)9-8(11)10(12)15-13-9/h2-5H,1H3. The van der Waals surface area contributed by atoms with Crippen LogP contribution in [0.4, 0.5) is 0 Å². The molecule has 2 aromatic rings. The summed E-state index contributed by atoms with van der Waals surface area (Å²) in [6.07, 6.45) is 0. The highest BCUT2D eigenvalue weighted by atomic mass is 35.5. The number of ether oxygens (including phenoxy) is 1. The molecule has 3 nitrogen and oxygen atoms in total. The first kappa shape index (κ1) is 10.3. The van der Waals surface area contributed by atoms with Gasteiger partial charge in [0.05, 0.1) is 7.11 Å². The Balaban J connectivity index is 2.41. The van der Waals surface area contributed by atoms with Crippen molar-refractivity contribution in [3.05, 3.63) is 34.5 Å². The summed E-state index contributed by atoms with van der Waals surface area (Å²) in [5.41, 5.74) is 1.36. The average molecular weight is 244 g/mol. The zero-order valence-corrected chi connectivity index (χ0v) is 9.34. The molecule has 0 atom stereocenters. The summed E-state index contributed by atoms with van der Waals surface area (Å²) in [5, 5.41) is 4.18. The minimum Gasteiger partial charge on any atom is -0.497 e. The van der Waals surface area contributed by atoms with Crippen LogP contribution in [0.5, 0.6) is 5.75 Å². The van der Waals surface area contributed by atoms with E-state index in [0.29, 0.717) is 10.7 Å². The Morgan fingerprint density at radius 1 is 1.20 bits per heavy atom. The Labute approximate surface area is 96.5 Å². The zero-order chi connectivity index (χ0) is 10.8. The summed E-state index contributed by atoms with van der Waals surface area (Å²) in [5.74, 6) is 0.768. The van der Waals surface area contributed by atoms with Crippen LogP contribution in [0.1, 0.15) is 0 Å². The van der Waals surface area contributed by atoms with E-state index in [1.54, 1.807) is 7.11 Å². The van der Waals surface area contributed by atoms with Crippen molar-refractivity contribution in [1.82, 2.24) is 5.16 Å². The zero-order valence-electron chi connectivity index (χ0n) is 7.83. The van der Waals surface area contributed by atoms with Gasteiger partial charge in [0.15, 0.2) is 0 Å². The number of rotatable bonds is 2. The van der Waals surface area contributed by atoms with Crippen LogP contribution in [-0.2, 0) is 0 Å². The topological polar surface area (TPSA) is 35.3 Å². The van der Waals surface area contributed by atoms with E-state index in [1.165, 1.54) is 0 Å². The highest BCUT2D eigenvalue weighted by Crippen LogP contribution is 2.33. The number of benzene rings is 1. The predicted molar refractivity (Wildman–Crippen MR) is 58.5 cm³/mol. The summed E-state index contributed by atoms with van der Waals surface area (Å²) < 4.78 is 9.80. The fourth-order valence-electron chi connectivity index (χ4n) is 1.19. The molecule has 0 bridgehead atoms. The maximum Gasteiger partial charge on any atom is 0.245 e. The minimum absolute atomic E-state index is 0.0995. The molecule has 0 radical (unpaired) electrons. The second-order valence-corrected chi connectivity index (χ2v) is 3.57. The molecular formula is C10H7Cl2NO2. The van der Waals surface area contributed by atoms with E-state index in [-0.39, 0.29) is 5.22 Å². The fraction of sp³-hybridized carbons (Fsp3) is 0.100. The Morgan fingerprint density at radius 2 is 1.87 bits per heavy atom. The number of methoxy groups -OCH3 is 1. The van der Waals surface area contributed by atoms with Crippen LogP contribution in [0.2, 0.25) is 10.2 Å². The van der Waals surface area contributed by atoms with Crippen molar-refractivity contribution in [3.63, 3.8) is 0 Å². The third kappa shape index (κ3) is 1.94. The first-order chi connectivity index (χ1) is 7.22. The molecule has 15 heavy (non-hydrogen) atoms. The third-order valence-electron chi connectivity index (χ3n) is 1.96. The van der Waals surface area contributed by atoms with E-state index in [0.717, 1.165) is 11.3 Å². The molecule has 0 unspecified atom stereocenters. The van der Waals surface area contributed by atoms with Crippen molar-refractivity contribution in [2.75, 3.05) is 7.11 Å². The smallest absolute Gasteiger partial charge is 0.245 e. The van der Waals surface area contributed by atoms with Crippen molar-refractivity contribution >= 4 is 23.2 Å². The molecule has 0 amide bonds. The lowest BCUT2D eigenvalue weighted by Gasteiger charge is -2.00. The molecule has 1 heterocycles. The van der Waals surface area contributed by atoms with Crippen LogP contribution in [0, 0.1) is 0 Å². The van der Waals surface area contributed by atoms with Gasteiger partial charge in [-0.05, 0) is 35.9 Å². The van der Waals surface area contributed by atoms with Gasteiger partial charge >= 0.3 is 0 Å². The van der Waals surface area contributed by atoms with Crippen LogP contribution in [0.15, 0.2) is 28.8 Å². The second-order valence-electron chi connectivity index (χ2n) is 2.85. The fourth-order valence-corrected chi connectivity index (χ4v) is 1.49. The molecule has 0 aliphatic carbocycles. The van der Waals surface area contributed by atoms with Crippen LogP contribution in [0.25, 0.3) is 11.3 Å². The summed E-state index contributed by atoms with van der Waals surface area (Å²) in [4.78, 5) is 0. The number of halogens is 2. The molecule has 0 aliphatic heterocycles. The van der Waals surface area contributed by atoms with Gasteiger partial charge in [-0.25, -0.2) is 0 Å². The molecule has 78 valence electrons. The number of nitrogens with zero attached hydrogens (tertiary/aromatic N) is 1.